The third-order valence-corrected chi connectivity index (χ3v) is 2.99. The van der Waals surface area contributed by atoms with Crippen LogP contribution in [-0.2, 0) is 0 Å². The van der Waals surface area contributed by atoms with E-state index in [0.717, 1.165) is 0 Å². The van der Waals surface area contributed by atoms with Crippen molar-refractivity contribution in [1.82, 2.24) is 5.43 Å². The monoisotopic (exact) mass is 300 g/mol. The van der Waals surface area contributed by atoms with E-state index in [2.05, 4.69) is 10.5 Å². The SMILES string of the molecule is O=C(C/C=N/NC(=O)c1ccc(Cl)cc1)c1ccccc1. The van der Waals surface area contributed by atoms with Gasteiger partial charge in [0.05, 0.1) is 0 Å². The van der Waals surface area contributed by atoms with Crippen LogP contribution >= 0.6 is 11.6 Å². The van der Waals surface area contributed by atoms with Gasteiger partial charge in [0.25, 0.3) is 5.91 Å². The second kappa shape index (κ2) is 7.36. The summed E-state index contributed by atoms with van der Waals surface area (Å²) in [6.07, 6.45) is 1.51. The lowest BCUT2D eigenvalue weighted by Crippen LogP contribution is -2.17. The molecule has 2 aromatic carbocycles. The molecular weight excluding hydrogens is 288 g/mol. The van der Waals surface area contributed by atoms with Crippen molar-refractivity contribution in [1.29, 1.82) is 0 Å². The molecule has 1 amide bonds. The van der Waals surface area contributed by atoms with Gasteiger partial charge in [-0.15, -0.1) is 0 Å². The van der Waals surface area contributed by atoms with Crippen LogP contribution < -0.4 is 5.43 Å². The van der Waals surface area contributed by atoms with E-state index in [-0.39, 0.29) is 18.1 Å². The first-order chi connectivity index (χ1) is 10.2. The molecule has 0 spiro atoms. The Labute approximate surface area is 127 Å². The minimum Gasteiger partial charge on any atom is -0.294 e. The van der Waals surface area contributed by atoms with E-state index in [0.29, 0.717) is 16.1 Å². The van der Waals surface area contributed by atoms with E-state index < -0.39 is 0 Å². The summed E-state index contributed by atoms with van der Waals surface area (Å²) >= 11 is 5.74. The molecule has 1 N–H and O–H groups in total. The Morgan fingerprint density at radius 3 is 2.33 bits per heavy atom. The normalized spacial score (nSPS) is 10.5. The third-order valence-electron chi connectivity index (χ3n) is 2.74. The molecule has 0 saturated heterocycles. The van der Waals surface area contributed by atoms with Crippen molar-refractivity contribution < 1.29 is 9.59 Å². The zero-order valence-corrected chi connectivity index (χ0v) is 11.9. The molecule has 0 bridgehead atoms. The van der Waals surface area contributed by atoms with Gasteiger partial charge in [0, 0.05) is 28.8 Å². The molecule has 5 heteroatoms. The highest BCUT2D eigenvalue weighted by molar-refractivity contribution is 6.30. The summed E-state index contributed by atoms with van der Waals surface area (Å²) < 4.78 is 0. The highest BCUT2D eigenvalue weighted by Gasteiger charge is 2.04. The van der Waals surface area contributed by atoms with E-state index in [1.54, 1.807) is 48.5 Å². The van der Waals surface area contributed by atoms with Gasteiger partial charge < -0.3 is 0 Å². The van der Waals surface area contributed by atoms with Crippen LogP contribution in [0.1, 0.15) is 27.1 Å². The van der Waals surface area contributed by atoms with Crippen molar-refractivity contribution in [2.24, 2.45) is 5.10 Å². The Hall–Kier alpha value is -2.46. The summed E-state index contributed by atoms with van der Waals surface area (Å²) in [6.45, 7) is 0. The van der Waals surface area contributed by atoms with E-state index in [4.69, 9.17) is 11.6 Å². The minimum atomic E-state index is -0.352. The van der Waals surface area contributed by atoms with Gasteiger partial charge in [-0.2, -0.15) is 5.10 Å². The number of hydrazone groups is 1. The van der Waals surface area contributed by atoms with Crippen molar-refractivity contribution in [3.63, 3.8) is 0 Å². The molecule has 0 unspecified atom stereocenters. The predicted molar refractivity (Wildman–Crippen MR) is 82.8 cm³/mol. The standard InChI is InChI=1S/C16H13ClN2O2/c17-14-8-6-13(7-9-14)16(21)19-18-11-10-15(20)12-4-2-1-3-5-12/h1-9,11H,10H2,(H,19,21)/b18-11+. The quantitative estimate of drug-likeness (QED) is 0.523. The first-order valence-electron chi connectivity index (χ1n) is 6.32. The van der Waals surface area contributed by atoms with Crippen molar-refractivity contribution in [2.45, 2.75) is 6.42 Å². The smallest absolute Gasteiger partial charge is 0.271 e. The van der Waals surface area contributed by atoms with Crippen LogP contribution in [0.25, 0.3) is 0 Å². The molecule has 106 valence electrons. The van der Waals surface area contributed by atoms with Crippen LogP contribution in [0.15, 0.2) is 59.7 Å². The number of nitrogens with one attached hydrogen (secondary N) is 1. The molecule has 2 aromatic rings. The third kappa shape index (κ3) is 4.54. The van der Waals surface area contributed by atoms with Crippen LogP contribution in [0.5, 0.6) is 0 Å². The van der Waals surface area contributed by atoms with Crippen molar-refractivity contribution in [3.05, 3.63) is 70.7 Å². The molecule has 0 fully saturated rings. The maximum Gasteiger partial charge on any atom is 0.271 e. The number of amides is 1. The number of hydrogen-bond acceptors (Lipinski definition) is 3. The lowest BCUT2D eigenvalue weighted by molar-refractivity contribution is 0.0951. The lowest BCUT2D eigenvalue weighted by Gasteiger charge is -1.99. The second-order valence-corrected chi connectivity index (χ2v) is 4.69. The minimum absolute atomic E-state index is 0.0555. The Balaban J connectivity index is 1.84. The summed E-state index contributed by atoms with van der Waals surface area (Å²) in [4.78, 5) is 23.5. The number of carbonyl (C=O) groups is 2. The van der Waals surface area contributed by atoms with E-state index in [1.807, 2.05) is 6.07 Å². The lowest BCUT2D eigenvalue weighted by atomic mass is 10.1. The maximum absolute atomic E-state index is 11.8. The zero-order chi connectivity index (χ0) is 15.1. The fourth-order valence-corrected chi connectivity index (χ4v) is 1.77. The summed E-state index contributed by atoms with van der Waals surface area (Å²) in [5.74, 6) is -0.407. The van der Waals surface area contributed by atoms with Crippen molar-refractivity contribution >= 4 is 29.5 Å². The topological polar surface area (TPSA) is 58.5 Å². The molecule has 0 aromatic heterocycles. The second-order valence-electron chi connectivity index (χ2n) is 4.25. The number of ketones is 1. The molecular formula is C16H13ClN2O2. The van der Waals surface area contributed by atoms with Gasteiger partial charge >= 0.3 is 0 Å². The zero-order valence-electron chi connectivity index (χ0n) is 11.1. The van der Waals surface area contributed by atoms with Crippen LogP contribution in [0.4, 0.5) is 0 Å². The Bertz CT molecular complexity index is 652. The van der Waals surface area contributed by atoms with Gasteiger partial charge in [0.1, 0.15) is 0 Å². The Kier molecular flexibility index (Phi) is 5.23. The molecule has 2 rings (SSSR count). The van der Waals surface area contributed by atoms with Crippen molar-refractivity contribution in [3.8, 4) is 0 Å². The van der Waals surface area contributed by atoms with Gasteiger partial charge in [-0.25, -0.2) is 5.43 Å². The number of Topliss-reactive ketones (excluding diaryl/α,β-unsaturated/α-hetero) is 1. The van der Waals surface area contributed by atoms with E-state index >= 15 is 0 Å². The van der Waals surface area contributed by atoms with Crippen LogP contribution in [-0.4, -0.2) is 17.9 Å². The van der Waals surface area contributed by atoms with Gasteiger partial charge in [0.2, 0.25) is 0 Å². The molecule has 0 atom stereocenters. The summed E-state index contributed by atoms with van der Waals surface area (Å²) in [5, 5.41) is 4.32. The Morgan fingerprint density at radius 2 is 1.67 bits per heavy atom. The molecule has 21 heavy (non-hydrogen) atoms. The number of rotatable bonds is 5. The number of carbonyl (C=O) groups excluding carboxylic acids is 2. The molecule has 0 heterocycles. The number of hydrogen-bond donors (Lipinski definition) is 1. The van der Waals surface area contributed by atoms with Crippen LogP contribution in [0.3, 0.4) is 0 Å². The van der Waals surface area contributed by atoms with Gasteiger partial charge in [-0.3, -0.25) is 9.59 Å². The van der Waals surface area contributed by atoms with Gasteiger partial charge in [0.15, 0.2) is 5.78 Å². The van der Waals surface area contributed by atoms with E-state index in [9.17, 15) is 9.59 Å². The molecule has 0 aliphatic rings. The average molecular weight is 301 g/mol. The largest absolute Gasteiger partial charge is 0.294 e. The number of nitrogens with zero attached hydrogens (tertiary/aromatic N) is 1. The fraction of sp³-hybridized carbons (Fsp3) is 0.0625. The number of halogens is 1. The first kappa shape index (κ1) is 14.9. The predicted octanol–water partition coefficient (Wildman–Crippen LogP) is 3.33. The molecule has 0 aliphatic heterocycles. The maximum atomic E-state index is 11.8. The summed E-state index contributed by atoms with van der Waals surface area (Å²) in [5.41, 5.74) is 3.43. The highest BCUT2D eigenvalue weighted by Crippen LogP contribution is 2.09. The fourth-order valence-electron chi connectivity index (χ4n) is 1.64. The molecule has 0 aliphatic carbocycles. The molecule has 0 saturated carbocycles. The molecule has 0 radical (unpaired) electrons. The summed E-state index contributed by atoms with van der Waals surface area (Å²) in [7, 11) is 0. The van der Waals surface area contributed by atoms with Crippen LogP contribution in [0, 0.1) is 0 Å². The van der Waals surface area contributed by atoms with E-state index in [1.165, 1.54) is 6.21 Å². The Morgan fingerprint density at radius 1 is 1.00 bits per heavy atom. The van der Waals surface area contributed by atoms with Gasteiger partial charge in [-0.1, -0.05) is 41.9 Å². The van der Waals surface area contributed by atoms with Crippen LogP contribution in [0.2, 0.25) is 5.02 Å². The first-order valence-corrected chi connectivity index (χ1v) is 6.70. The van der Waals surface area contributed by atoms with Crippen molar-refractivity contribution in [2.75, 3.05) is 0 Å². The average Bonchev–Trinajstić information content (AvgIpc) is 2.52. The molecule has 4 nitrogen and oxygen atoms in total. The highest BCUT2D eigenvalue weighted by atomic mass is 35.5. The number of benzene rings is 2. The van der Waals surface area contributed by atoms with Gasteiger partial charge in [-0.05, 0) is 24.3 Å². The summed E-state index contributed by atoms with van der Waals surface area (Å²) in [6, 6.07) is 15.4.